The van der Waals surface area contributed by atoms with Gasteiger partial charge in [-0.2, -0.15) is 0 Å². The molecule has 0 amide bonds. The van der Waals surface area contributed by atoms with Crippen LogP contribution in [0, 0.1) is 6.92 Å². The highest BCUT2D eigenvalue weighted by molar-refractivity contribution is 9.10. The van der Waals surface area contributed by atoms with Crippen molar-refractivity contribution in [2.24, 2.45) is 0 Å². The second-order valence-corrected chi connectivity index (χ2v) is 4.03. The molecule has 0 unspecified atom stereocenters. The Morgan fingerprint density at radius 3 is 2.87 bits per heavy atom. The lowest BCUT2D eigenvalue weighted by atomic mass is 10.2. The second-order valence-electron chi connectivity index (χ2n) is 3.17. The highest BCUT2D eigenvalue weighted by atomic mass is 79.9. The number of aliphatic carboxylic acids is 1. The van der Waals surface area contributed by atoms with Crippen molar-refractivity contribution in [2.75, 3.05) is 11.9 Å². The first kappa shape index (κ1) is 11.8. The second kappa shape index (κ2) is 4.98. The molecule has 0 aliphatic carbocycles. The van der Waals surface area contributed by atoms with Crippen LogP contribution >= 0.6 is 15.9 Å². The van der Waals surface area contributed by atoms with Crippen molar-refractivity contribution in [3.05, 3.63) is 40.4 Å². The molecular weight excluding hydrogens is 258 g/mol. The Morgan fingerprint density at radius 2 is 2.27 bits per heavy atom. The van der Waals surface area contributed by atoms with Crippen LogP contribution in [0.5, 0.6) is 0 Å². The summed E-state index contributed by atoms with van der Waals surface area (Å²) in [5.41, 5.74) is 2.11. The third kappa shape index (κ3) is 3.09. The largest absolute Gasteiger partial charge is 0.478 e. The minimum absolute atomic E-state index is 0.148. The predicted octanol–water partition coefficient (Wildman–Crippen LogP) is 2.81. The zero-order valence-corrected chi connectivity index (χ0v) is 9.97. The summed E-state index contributed by atoms with van der Waals surface area (Å²) in [7, 11) is 0. The third-order valence-corrected chi connectivity index (χ3v) is 2.92. The van der Waals surface area contributed by atoms with Gasteiger partial charge in [0.05, 0.1) is 0 Å². The Balaban J connectivity index is 2.70. The molecule has 15 heavy (non-hydrogen) atoms. The van der Waals surface area contributed by atoms with Gasteiger partial charge < -0.3 is 10.4 Å². The van der Waals surface area contributed by atoms with E-state index in [-0.39, 0.29) is 12.1 Å². The molecular formula is C11H12BrNO2. The Morgan fingerprint density at radius 1 is 1.60 bits per heavy atom. The van der Waals surface area contributed by atoms with Crippen LogP contribution in [0.1, 0.15) is 5.56 Å². The average molecular weight is 270 g/mol. The van der Waals surface area contributed by atoms with Crippen molar-refractivity contribution in [1.82, 2.24) is 0 Å². The van der Waals surface area contributed by atoms with Crippen molar-refractivity contribution in [1.29, 1.82) is 0 Å². The molecule has 1 aromatic rings. The van der Waals surface area contributed by atoms with Crippen LogP contribution in [0.15, 0.2) is 34.8 Å². The van der Waals surface area contributed by atoms with Gasteiger partial charge in [-0.25, -0.2) is 4.79 Å². The number of hydrogen-bond acceptors (Lipinski definition) is 2. The van der Waals surface area contributed by atoms with E-state index in [0.29, 0.717) is 0 Å². The summed E-state index contributed by atoms with van der Waals surface area (Å²) in [6.07, 6.45) is 0. The molecule has 0 bridgehead atoms. The zero-order valence-electron chi connectivity index (χ0n) is 8.38. The van der Waals surface area contributed by atoms with Crippen LogP contribution < -0.4 is 5.32 Å². The minimum atomic E-state index is -0.977. The highest BCUT2D eigenvalue weighted by Crippen LogP contribution is 2.23. The van der Waals surface area contributed by atoms with E-state index in [4.69, 9.17) is 5.11 Å². The van der Waals surface area contributed by atoms with Gasteiger partial charge in [0.15, 0.2) is 0 Å². The normalized spacial score (nSPS) is 9.73. The number of carboxylic acids is 1. The number of nitrogens with one attached hydrogen (secondary N) is 1. The lowest BCUT2D eigenvalue weighted by Gasteiger charge is -2.10. The molecule has 80 valence electrons. The first-order valence-corrected chi connectivity index (χ1v) is 5.21. The molecule has 0 saturated heterocycles. The fourth-order valence-corrected chi connectivity index (χ4v) is 1.44. The molecule has 0 saturated carbocycles. The van der Waals surface area contributed by atoms with E-state index in [0.717, 1.165) is 15.7 Å². The maximum absolute atomic E-state index is 10.5. The summed E-state index contributed by atoms with van der Waals surface area (Å²) in [6, 6.07) is 5.73. The molecule has 3 nitrogen and oxygen atoms in total. The highest BCUT2D eigenvalue weighted by Gasteiger charge is 2.05. The van der Waals surface area contributed by atoms with Gasteiger partial charge in [-0.3, -0.25) is 0 Å². The van der Waals surface area contributed by atoms with Crippen LogP contribution in [0.4, 0.5) is 5.69 Å². The average Bonchev–Trinajstić information content (AvgIpc) is 2.19. The van der Waals surface area contributed by atoms with Gasteiger partial charge in [0.2, 0.25) is 0 Å². The van der Waals surface area contributed by atoms with E-state index in [1.165, 1.54) is 0 Å². The van der Waals surface area contributed by atoms with Gasteiger partial charge in [-0.15, -0.1) is 0 Å². The maximum atomic E-state index is 10.5. The molecule has 0 radical (unpaired) electrons. The summed E-state index contributed by atoms with van der Waals surface area (Å²) >= 11 is 3.40. The summed E-state index contributed by atoms with van der Waals surface area (Å²) < 4.78 is 0.994. The molecule has 1 aromatic carbocycles. The monoisotopic (exact) mass is 269 g/mol. The third-order valence-electron chi connectivity index (χ3n) is 2.06. The SMILES string of the molecule is C=C(CNc1cccc(Br)c1C)C(=O)O. The molecule has 0 aromatic heterocycles. The predicted molar refractivity (Wildman–Crippen MR) is 64.1 cm³/mol. The number of carbonyl (C=O) groups is 1. The molecule has 0 spiro atoms. The molecule has 0 aliphatic heterocycles. The standard InChI is InChI=1S/C11H12BrNO2/c1-7(11(14)15)6-13-10-5-3-4-9(12)8(10)2/h3-5,13H,1,6H2,2H3,(H,14,15). The van der Waals surface area contributed by atoms with Crippen molar-refractivity contribution >= 4 is 27.6 Å². The fourth-order valence-electron chi connectivity index (χ4n) is 1.08. The Bertz CT molecular complexity index is 402. The van der Waals surface area contributed by atoms with Crippen molar-refractivity contribution < 1.29 is 9.90 Å². The van der Waals surface area contributed by atoms with Crippen molar-refractivity contribution in [2.45, 2.75) is 6.92 Å². The molecule has 0 aliphatic rings. The van der Waals surface area contributed by atoms with Crippen LogP contribution in [0.25, 0.3) is 0 Å². The van der Waals surface area contributed by atoms with E-state index in [1.54, 1.807) is 0 Å². The van der Waals surface area contributed by atoms with Gasteiger partial charge in [0.25, 0.3) is 0 Å². The number of benzene rings is 1. The van der Waals surface area contributed by atoms with Gasteiger partial charge in [0.1, 0.15) is 0 Å². The van der Waals surface area contributed by atoms with E-state index in [9.17, 15) is 4.79 Å². The van der Waals surface area contributed by atoms with Crippen molar-refractivity contribution in [3.8, 4) is 0 Å². The van der Waals surface area contributed by atoms with Gasteiger partial charge in [0, 0.05) is 22.3 Å². The smallest absolute Gasteiger partial charge is 0.332 e. The van der Waals surface area contributed by atoms with Crippen LogP contribution in [0.2, 0.25) is 0 Å². The minimum Gasteiger partial charge on any atom is -0.478 e. The molecule has 0 heterocycles. The number of rotatable bonds is 4. The zero-order chi connectivity index (χ0) is 11.4. The van der Waals surface area contributed by atoms with Crippen molar-refractivity contribution in [3.63, 3.8) is 0 Å². The van der Waals surface area contributed by atoms with E-state index in [1.807, 2.05) is 25.1 Å². The molecule has 0 atom stereocenters. The Kier molecular flexibility index (Phi) is 3.91. The first-order chi connectivity index (χ1) is 7.02. The fraction of sp³-hybridized carbons (Fsp3) is 0.182. The van der Waals surface area contributed by atoms with Gasteiger partial charge >= 0.3 is 5.97 Å². The number of anilines is 1. The van der Waals surface area contributed by atoms with E-state index < -0.39 is 5.97 Å². The van der Waals surface area contributed by atoms with Gasteiger partial charge in [-0.05, 0) is 24.6 Å². The molecule has 4 heteroatoms. The van der Waals surface area contributed by atoms with Crippen LogP contribution in [-0.2, 0) is 4.79 Å². The maximum Gasteiger partial charge on any atom is 0.332 e. The lowest BCUT2D eigenvalue weighted by Crippen LogP contribution is -2.11. The number of halogens is 1. The summed E-state index contributed by atoms with van der Waals surface area (Å²) in [4.78, 5) is 10.5. The first-order valence-electron chi connectivity index (χ1n) is 4.42. The molecule has 2 N–H and O–H groups in total. The van der Waals surface area contributed by atoms with E-state index >= 15 is 0 Å². The Labute approximate surface area is 96.9 Å². The summed E-state index contributed by atoms with van der Waals surface area (Å²) in [5.74, 6) is -0.977. The summed E-state index contributed by atoms with van der Waals surface area (Å²) in [5, 5.41) is 11.7. The van der Waals surface area contributed by atoms with Crippen LogP contribution in [-0.4, -0.2) is 17.6 Å². The Hall–Kier alpha value is -1.29. The molecule has 1 rings (SSSR count). The van der Waals surface area contributed by atoms with E-state index in [2.05, 4.69) is 27.8 Å². The van der Waals surface area contributed by atoms with Crippen LogP contribution in [0.3, 0.4) is 0 Å². The quantitative estimate of drug-likeness (QED) is 0.827. The topological polar surface area (TPSA) is 49.3 Å². The number of hydrogen-bond donors (Lipinski definition) is 2. The number of carboxylic acid groups (broad SMARTS) is 1. The lowest BCUT2D eigenvalue weighted by molar-refractivity contribution is -0.132. The summed E-state index contributed by atoms with van der Waals surface area (Å²) in [6.45, 7) is 5.64. The molecule has 0 fully saturated rings. The van der Waals surface area contributed by atoms with Gasteiger partial charge in [-0.1, -0.05) is 28.6 Å².